The second kappa shape index (κ2) is 13.8. The molecule has 0 radical (unpaired) electrons. The predicted octanol–water partition coefficient (Wildman–Crippen LogP) is 5.15. The maximum absolute atomic E-state index is 11.1. The molecule has 10 nitrogen and oxygen atoms in total. The van der Waals surface area contributed by atoms with Crippen LogP contribution in [-0.2, 0) is 25.2 Å². The molecule has 1 aromatic carbocycles. The number of ether oxygens (including phenoxy) is 3. The summed E-state index contributed by atoms with van der Waals surface area (Å²) in [5.41, 5.74) is 1.46. The third kappa shape index (κ3) is 8.55. The molecule has 0 amide bonds. The molecule has 2 heterocycles. The number of aliphatic hydroxyl groups excluding tert-OH is 2. The first-order valence-electron chi connectivity index (χ1n) is 13.1. The Bertz CT molecular complexity index is 1100. The SMILES string of the molecule is COCO[C@@H](c1cnco1)c1nc([C@H](C[C@@H](O)[C@@H](O)[C@@H](C)OCc2ccccc2)O[Si](C)(C)C(C)(C)C)co1. The van der Waals surface area contributed by atoms with Crippen LogP contribution in [-0.4, -0.2) is 60.7 Å². The molecule has 2 N–H and O–H groups in total. The summed E-state index contributed by atoms with van der Waals surface area (Å²) in [6.07, 6.45) is 0.0720. The number of methoxy groups -OCH3 is 1. The molecule has 216 valence electrons. The van der Waals surface area contributed by atoms with Crippen LogP contribution in [0.4, 0.5) is 0 Å². The van der Waals surface area contributed by atoms with E-state index >= 15 is 0 Å². The summed E-state index contributed by atoms with van der Waals surface area (Å²) in [6.45, 7) is 12.7. The summed E-state index contributed by atoms with van der Waals surface area (Å²) in [5.74, 6) is 0.638. The van der Waals surface area contributed by atoms with E-state index in [-0.39, 0.29) is 24.1 Å². The maximum Gasteiger partial charge on any atom is 0.231 e. The van der Waals surface area contributed by atoms with Crippen molar-refractivity contribution in [1.82, 2.24) is 9.97 Å². The molecule has 11 heteroatoms. The second-order valence-corrected chi connectivity index (χ2v) is 15.9. The topological polar surface area (TPSA) is 129 Å². The van der Waals surface area contributed by atoms with Crippen LogP contribution in [0.1, 0.15) is 69.2 Å². The lowest BCUT2D eigenvalue weighted by atomic mass is 10.0. The van der Waals surface area contributed by atoms with Gasteiger partial charge in [-0.25, -0.2) is 9.97 Å². The van der Waals surface area contributed by atoms with Crippen LogP contribution in [0.5, 0.6) is 0 Å². The van der Waals surface area contributed by atoms with Crippen LogP contribution in [0.3, 0.4) is 0 Å². The highest BCUT2D eigenvalue weighted by molar-refractivity contribution is 6.74. The summed E-state index contributed by atoms with van der Waals surface area (Å²) in [7, 11) is -0.804. The van der Waals surface area contributed by atoms with Gasteiger partial charge in [0.15, 0.2) is 26.6 Å². The lowest BCUT2D eigenvalue weighted by Crippen LogP contribution is -2.44. The standard InChI is InChI=1S/C28H42N2O8Si/c1-19(34-15-20-11-9-8-10-12-20)25(32)22(31)13-23(38-39(6,7)28(2,3)4)21-16-35-27(30-21)26(37-18-33-5)24-14-29-17-36-24/h8-12,14,16-17,19,22-23,25-26,31-32H,13,15,18H2,1-7H3/t19-,22-,23+,25+,26+/m1/s1. The average molecular weight is 563 g/mol. The third-order valence-corrected chi connectivity index (χ3v) is 11.6. The average Bonchev–Trinajstić information content (AvgIpc) is 3.60. The lowest BCUT2D eigenvalue weighted by Gasteiger charge is -2.39. The molecule has 0 bridgehead atoms. The molecule has 0 spiro atoms. The minimum absolute atomic E-state index is 0.0151. The molecular formula is C28H42N2O8Si. The molecule has 3 aromatic rings. The molecule has 0 aliphatic carbocycles. The second-order valence-electron chi connectivity index (χ2n) is 11.1. The molecule has 0 unspecified atom stereocenters. The summed E-state index contributed by atoms with van der Waals surface area (Å²) in [4.78, 5) is 8.61. The van der Waals surface area contributed by atoms with Crippen LogP contribution >= 0.6 is 0 Å². The minimum Gasteiger partial charge on any atom is -0.445 e. The summed E-state index contributed by atoms with van der Waals surface area (Å²) in [5, 5.41) is 21.9. The van der Waals surface area contributed by atoms with Crippen molar-refractivity contribution in [2.45, 2.75) is 89.4 Å². The van der Waals surface area contributed by atoms with Gasteiger partial charge in [-0.3, -0.25) is 0 Å². The van der Waals surface area contributed by atoms with Crippen LogP contribution < -0.4 is 0 Å². The van der Waals surface area contributed by atoms with Crippen molar-refractivity contribution in [1.29, 1.82) is 0 Å². The van der Waals surface area contributed by atoms with Gasteiger partial charge in [0.05, 0.1) is 31.1 Å². The first-order valence-corrected chi connectivity index (χ1v) is 16.0. The third-order valence-electron chi connectivity index (χ3n) is 7.09. The van der Waals surface area contributed by atoms with E-state index in [0.717, 1.165) is 5.56 Å². The summed E-state index contributed by atoms with van der Waals surface area (Å²) < 4.78 is 34.5. The first kappa shape index (κ1) is 31.1. The highest BCUT2D eigenvalue weighted by atomic mass is 28.4. The van der Waals surface area contributed by atoms with E-state index in [1.54, 1.807) is 6.92 Å². The Morgan fingerprint density at radius 3 is 2.38 bits per heavy atom. The molecular weight excluding hydrogens is 520 g/mol. The van der Waals surface area contributed by atoms with Gasteiger partial charge in [-0.1, -0.05) is 51.1 Å². The number of oxazole rings is 2. The van der Waals surface area contributed by atoms with Crippen molar-refractivity contribution < 1.29 is 37.7 Å². The van der Waals surface area contributed by atoms with Crippen LogP contribution in [0.15, 0.2) is 58.0 Å². The number of benzene rings is 1. The van der Waals surface area contributed by atoms with E-state index in [1.807, 2.05) is 30.3 Å². The Hall–Kier alpha value is -2.38. The Morgan fingerprint density at radius 2 is 1.77 bits per heavy atom. The van der Waals surface area contributed by atoms with Gasteiger partial charge in [0, 0.05) is 13.5 Å². The Morgan fingerprint density at radius 1 is 1.05 bits per heavy atom. The molecule has 5 atom stereocenters. The molecule has 0 aliphatic heterocycles. The van der Waals surface area contributed by atoms with Gasteiger partial charge in [0.2, 0.25) is 5.89 Å². The number of hydrogen-bond donors (Lipinski definition) is 2. The van der Waals surface area contributed by atoms with Crippen LogP contribution in [0, 0.1) is 0 Å². The van der Waals surface area contributed by atoms with Gasteiger partial charge in [-0.15, -0.1) is 0 Å². The molecule has 0 saturated heterocycles. The van der Waals surface area contributed by atoms with Crippen molar-refractivity contribution in [2.24, 2.45) is 0 Å². The molecule has 2 aromatic heterocycles. The van der Waals surface area contributed by atoms with E-state index in [4.69, 9.17) is 27.5 Å². The monoisotopic (exact) mass is 562 g/mol. The van der Waals surface area contributed by atoms with E-state index in [9.17, 15) is 10.2 Å². The van der Waals surface area contributed by atoms with Crippen molar-refractivity contribution >= 4 is 8.32 Å². The first-order chi connectivity index (χ1) is 18.4. The number of rotatable bonds is 15. The summed E-state index contributed by atoms with van der Waals surface area (Å²) >= 11 is 0. The van der Waals surface area contributed by atoms with Gasteiger partial charge in [-0.05, 0) is 30.6 Å². The molecule has 3 rings (SSSR count). The maximum atomic E-state index is 11.1. The fourth-order valence-corrected chi connectivity index (χ4v) is 4.95. The number of aliphatic hydroxyl groups is 2. The highest BCUT2D eigenvalue weighted by Crippen LogP contribution is 2.41. The largest absolute Gasteiger partial charge is 0.445 e. The molecule has 0 aliphatic rings. The van der Waals surface area contributed by atoms with Crippen molar-refractivity contribution in [2.75, 3.05) is 13.9 Å². The van der Waals surface area contributed by atoms with E-state index in [1.165, 1.54) is 26.0 Å². The fourth-order valence-electron chi connectivity index (χ4n) is 3.67. The zero-order valence-electron chi connectivity index (χ0n) is 23.9. The smallest absolute Gasteiger partial charge is 0.231 e. The zero-order valence-corrected chi connectivity index (χ0v) is 24.9. The quantitative estimate of drug-likeness (QED) is 0.189. The van der Waals surface area contributed by atoms with Gasteiger partial charge >= 0.3 is 0 Å². The van der Waals surface area contributed by atoms with Crippen LogP contribution in [0.25, 0.3) is 0 Å². The van der Waals surface area contributed by atoms with Crippen molar-refractivity contribution in [3.63, 3.8) is 0 Å². The van der Waals surface area contributed by atoms with Crippen molar-refractivity contribution in [3.8, 4) is 0 Å². The highest BCUT2D eigenvalue weighted by Gasteiger charge is 2.41. The predicted molar refractivity (Wildman–Crippen MR) is 146 cm³/mol. The van der Waals surface area contributed by atoms with Crippen LogP contribution in [0.2, 0.25) is 18.1 Å². The Balaban J connectivity index is 1.79. The lowest BCUT2D eigenvalue weighted by molar-refractivity contribution is -0.0969. The molecule has 0 saturated carbocycles. The number of aromatic nitrogens is 2. The number of nitrogens with zero attached hydrogens (tertiary/aromatic N) is 2. The molecule has 0 fully saturated rings. The fraction of sp³-hybridized carbons (Fsp3) is 0.571. The Kier molecular flexibility index (Phi) is 11.0. The Labute approximate surface area is 231 Å². The minimum atomic E-state index is -2.32. The van der Waals surface area contributed by atoms with E-state index < -0.39 is 38.8 Å². The number of hydrogen-bond acceptors (Lipinski definition) is 10. The van der Waals surface area contributed by atoms with Crippen molar-refractivity contribution in [3.05, 3.63) is 72.1 Å². The van der Waals surface area contributed by atoms with E-state index in [0.29, 0.717) is 18.1 Å². The molecule has 39 heavy (non-hydrogen) atoms. The van der Waals surface area contributed by atoms with Gasteiger partial charge in [-0.2, -0.15) is 0 Å². The van der Waals surface area contributed by atoms with Gasteiger partial charge in [0.25, 0.3) is 0 Å². The normalized spacial score (nSPS) is 16.5. The van der Waals surface area contributed by atoms with E-state index in [2.05, 4.69) is 43.8 Å². The zero-order chi connectivity index (χ0) is 28.6. The van der Waals surface area contributed by atoms with Gasteiger partial charge in [0.1, 0.15) is 24.9 Å². The van der Waals surface area contributed by atoms with Gasteiger partial charge < -0.3 is 37.7 Å². The summed E-state index contributed by atoms with van der Waals surface area (Å²) in [6, 6.07) is 9.68.